The van der Waals surface area contributed by atoms with E-state index in [0.717, 1.165) is 0 Å². The number of hydrogen-bond acceptors (Lipinski definition) is 3. The molecule has 6 heteroatoms. The molecular formula is C13H9BrClNO3. The minimum Gasteiger partial charge on any atom is -0.504 e. The van der Waals surface area contributed by atoms with Crippen LogP contribution in [-0.4, -0.2) is 16.1 Å². The Labute approximate surface area is 122 Å². The van der Waals surface area contributed by atoms with Crippen molar-refractivity contribution >= 4 is 39.1 Å². The van der Waals surface area contributed by atoms with Gasteiger partial charge in [0, 0.05) is 10.2 Å². The predicted octanol–water partition coefficient (Wildman–Crippen LogP) is 3.77. The van der Waals surface area contributed by atoms with Gasteiger partial charge in [-0.2, -0.15) is 0 Å². The zero-order chi connectivity index (χ0) is 14.0. The fourth-order valence-electron chi connectivity index (χ4n) is 1.49. The van der Waals surface area contributed by atoms with E-state index in [2.05, 4.69) is 21.2 Å². The van der Waals surface area contributed by atoms with Crippen LogP contribution in [0.15, 0.2) is 40.9 Å². The Balaban J connectivity index is 2.26. The summed E-state index contributed by atoms with van der Waals surface area (Å²) in [7, 11) is 0. The maximum Gasteiger partial charge on any atom is 0.259 e. The molecule has 3 N–H and O–H groups in total. The minimum absolute atomic E-state index is 0.00827. The molecule has 0 saturated carbocycles. The summed E-state index contributed by atoms with van der Waals surface area (Å²) in [6, 6.07) is 9.08. The van der Waals surface area contributed by atoms with Crippen molar-refractivity contribution in [3.05, 3.63) is 51.5 Å². The molecule has 2 aromatic rings. The molecule has 2 rings (SSSR count). The Morgan fingerprint density at radius 2 is 1.95 bits per heavy atom. The molecule has 19 heavy (non-hydrogen) atoms. The van der Waals surface area contributed by atoms with E-state index in [4.69, 9.17) is 11.6 Å². The lowest BCUT2D eigenvalue weighted by atomic mass is 10.1. The van der Waals surface area contributed by atoms with Gasteiger partial charge in [0.15, 0.2) is 11.5 Å². The quantitative estimate of drug-likeness (QED) is 0.728. The van der Waals surface area contributed by atoms with Crippen molar-refractivity contribution < 1.29 is 15.0 Å². The maximum atomic E-state index is 12.0. The van der Waals surface area contributed by atoms with Crippen LogP contribution in [0.4, 0.5) is 5.69 Å². The molecule has 0 saturated heterocycles. The van der Waals surface area contributed by atoms with Gasteiger partial charge in [0.2, 0.25) is 0 Å². The average molecular weight is 343 g/mol. The molecule has 0 radical (unpaired) electrons. The Hall–Kier alpha value is -1.72. The number of rotatable bonds is 2. The van der Waals surface area contributed by atoms with Crippen LogP contribution >= 0.6 is 27.5 Å². The van der Waals surface area contributed by atoms with Crippen LogP contribution in [0.5, 0.6) is 11.5 Å². The van der Waals surface area contributed by atoms with Gasteiger partial charge in [-0.25, -0.2) is 0 Å². The van der Waals surface area contributed by atoms with Crippen molar-refractivity contribution in [3.63, 3.8) is 0 Å². The average Bonchev–Trinajstić information content (AvgIpc) is 2.37. The van der Waals surface area contributed by atoms with Gasteiger partial charge in [0.25, 0.3) is 5.91 Å². The first-order valence-corrected chi connectivity index (χ1v) is 6.43. The van der Waals surface area contributed by atoms with Crippen LogP contribution in [0.25, 0.3) is 0 Å². The fraction of sp³-hybridized carbons (Fsp3) is 0. The number of amides is 1. The number of halogens is 2. The van der Waals surface area contributed by atoms with Gasteiger partial charge in [-0.3, -0.25) is 4.79 Å². The Bertz CT molecular complexity index is 646. The zero-order valence-electron chi connectivity index (χ0n) is 9.52. The van der Waals surface area contributed by atoms with Gasteiger partial charge in [-0.05, 0) is 46.3 Å². The number of carbonyl (C=O) groups is 1. The number of hydrogen-bond donors (Lipinski definition) is 3. The molecule has 0 aliphatic heterocycles. The van der Waals surface area contributed by atoms with E-state index in [1.807, 2.05) is 0 Å². The standard InChI is InChI=1S/C13H9BrClNO3/c14-9-6-7(4-5-10(9)15)16-13(19)8-2-1-3-11(17)12(8)18/h1-6,17-18H,(H,16,19). The third kappa shape index (κ3) is 3.00. The third-order valence-corrected chi connectivity index (χ3v) is 3.65. The summed E-state index contributed by atoms with van der Waals surface area (Å²) in [5.41, 5.74) is 0.509. The molecule has 0 aromatic heterocycles. The summed E-state index contributed by atoms with van der Waals surface area (Å²) in [6.45, 7) is 0. The topological polar surface area (TPSA) is 69.6 Å². The van der Waals surface area contributed by atoms with Gasteiger partial charge in [0.05, 0.1) is 10.6 Å². The van der Waals surface area contributed by atoms with E-state index >= 15 is 0 Å². The lowest BCUT2D eigenvalue weighted by Gasteiger charge is -2.08. The van der Waals surface area contributed by atoms with Crippen LogP contribution in [0, 0.1) is 0 Å². The van der Waals surface area contributed by atoms with E-state index in [-0.39, 0.29) is 11.3 Å². The Morgan fingerprint density at radius 1 is 1.21 bits per heavy atom. The normalized spacial score (nSPS) is 10.2. The lowest BCUT2D eigenvalue weighted by molar-refractivity contribution is 0.102. The van der Waals surface area contributed by atoms with Crippen molar-refractivity contribution in [2.75, 3.05) is 5.32 Å². The number of anilines is 1. The first-order chi connectivity index (χ1) is 8.99. The second kappa shape index (κ2) is 5.50. The molecule has 98 valence electrons. The molecule has 0 aliphatic rings. The van der Waals surface area contributed by atoms with Crippen LogP contribution in [0.3, 0.4) is 0 Å². The molecular weight excluding hydrogens is 334 g/mol. The smallest absolute Gasteiger partial charge is 0.259 e. The van der Waals surface area contributed by atoms with Gasteiger partial charge in [-0.1, -0.05) is 17.7 Å². The van der Waals surface area contributed by atoms with Crippen molar-refractivity contribution in [1.29, 1.82) is 0 Å². The van der Waals surface area contributed by atoms with Gasteiger partial charge in [-0.15, -0.1) is 0 Å². The second-order valence-corrected chi connectivity index (χ2v) is 5.02. The van der Waals surface area contributed by atoms with Crippen LogP contribution in [-0.2, 0) is 0 Å². The van der Waals surface area contributed by atoms with Gasteiger partial charge >= 0.3 is 0 Å². The van der Waals surface area contributed by atoms with Crippen LogP contribution < -0.4 is 5.32 Å². The maximum absolute atomic E-state index is 12.0. The Kier molecular flexibility index (Phi) is 3.97. The molecule has 0 heterocycles. The number of para-hydroxylation sites is 1. The number of benzene rings is 2. The van der Waals surface area contributed by atoms with Gasteiger partial charge in [0.1, 0.15) is 0 Å². The van der Waals surface area contributed by atoms with E-state index in [1.165, 1.54) is 18.2 Å². The molecule has 0 aliphatic carbocycles. The number of phenols is 2. The number of nitrogens with one attached hydrogen (secondary N) is 1. The number of carbonyl (C=O) groups excluding carboxylic acids is 1. The van der Waals surface area contributed by atoms with Crippen molar-refractivity contribution in [2.24, 2.45) is 0 Å². The van der Waals surface area contributed by atoms with Gasteiger partial charge < -0.3 is 15.5 Å². The van der Waals surface area contributed by atoms with Crippen molar-refractivity contribution in [3.8, 4) is 11.5 Å². The summed E-state index contributed by atoms with van der Waals surface area (Å²) in [5, 5.41) is 22.1. The molecule has 1 amide bonds. The van der Waals surface area contributed by atoms with Crippen LogP contribution in [0.1, 0.15) is 10.4 Å². The predicted molar refractivity (Wildman–Crippen MR) is 76.9 cm³/mol. The van der Waals surface area contributed by atoms with E-state index in [0.29, 0.717) is 15.2 Å². The number of phenolic OH excluding ortho intramolecular Hbond substituents is 2. The molecule has 4 nitrogen and oxygen atoms in total. The lowest BCUT2D eigenvalue weighted by Crippen LogP contribution is -2.12. The molecule has 0 bridgehead atoms. The highest BCUT2D eigenvalue weighted by Crippen LogP contribution is 2.30. The zero-order valence-corrected chi connectivity index (χ0v) is 11.9. The minimum atomic E-state index is -0.525. The largest absolute Gasteiger partial charge is 0.504 e. The molecule has 0 atom stereocenters. The van der Waals surface area contributed by atoms with E-state index < -0.39 is 11.7 Å². The summed E-state index contributed by atoms with van der Waals surface area (Å²) in [4.78, 5) is 12.0. The van der Waals surface area contributed by atoms with E-state index in [1.54, 1.807) is 18.2 Å². The monoisotopic (exact) mass is 341 g/mol. The SMILES string of the molecule is O=C(Nc1ccc(Cl)c(Br)c1)c1cccc(O)c1O. The molecule has 0 unspecified atom stereocenters. The second-order valence-electron chi connectivity index (χ2n) is 3.76. The van der Waals surface area contributed by atoms with E-state index in [9.17, 15) is 15.0 Å². The third-order valence-electron chi connectivity index (χ3n) is 2.44. The highest BCUT2D eigenvalue weighted by molar-refractivity contribution is 9.10. The van der Waals surface area contributed by atoms with Crippen molar-refractivity contribution in [2.45, 2.75) is 0 Å². The van der Waals surface area contributed by atoms with Crippen molar-refractivity contribution in [1.82, 2.24) is 0 Å². The summed E-state index contributed by atoms with van der Waals surface area (Å²) in [6.07, 6.45) is 0. The number of aromatic hydroxyl groups is 2. The Morgan fingerprint density at radius 3 is 2.63 bits per heavy atom. The molecule has 2 aromatic carbocycles. The summed E-state index contributed by atoms with van der Waals surface area (Å²) in [5.74, 6) is -1.32. The molecule has 0 fully saturated rings. The summed E-state index contributed by atoms with van der Waals surface area (Å²) >= 11 is 9.09. The highest BCUT2D eigenvalue weighted by Gasteiger charge is 2.14. The first kappa shape index (κ1) is 13.7. The molecule has 0 spiro atoms. The van der Waals surface area contributed by atoms with Crippen LogP contribution in [0.2, 0.25) is 5.02 Å². The fourth-order valence-corrected chi connectivity index (χ4v) is 1.98. The summed E-state index contributed by atoms with van der Waals surface area (Å²) < 4.78 is 0.645. The first-order valence-electron chi connectivity index (χ1n) is 5.26. The highest BCUT2D eigenvalue weighted by atomic mass is 79.9.